The van der Waals surface area contributed by atoms with E-state index in [1.54, 1.807) is 35.9 Å². The average Bonchev–Trinajstić information content (AvgIpc) is 3.14. The summed E-state index contributed by atoms with van der Waals surface area (Å²) in [6.07, 6.45) is 1.65. The van der Waals surface area contributed by atoms with Crippen molar-refractivity contribution in [3.63, 3.8) is 0 Å². The molecule has 4 aromatic rings. The maximum atomic E-state index is 14.4. The molecular formula is C16H11ClFN5O. The first kappa shape index (κ1) is 14.8. The number of aromatic nitrogens is 5. The summed E-state index contributed by atoms with van der Waals surface area (Å²) in [6, 6.07) is 8.30. The molecule has 0 bridgehead atoms. The summed E-state index contributed by atoms with van der Waals surface area (Å²) in [5, 5.41) is 8.08. The molecule has 0 aliphatic heterocycles. The van der Waals surface area contributed by atoms with E-state index in [9.17, 15) is 4.39 Å². The summed E-state index contributed by atoms with van der Waals surface area (Å²) in [5.74, 6) is 0.131. The van der Waals surface area contributed by atoms with E-state index < -0.39 is 0 Å². The van der Waals surface area contributed by atoms with Gasteiger partial charge in [0.15, 0.2) is 11.5 Å². The minimum atomic E-state index is -0.359. The highest BCUT2D eigenvalue weighted by atomic mass is 35.5. The van der Waals surface area contributed by atoms with Gasteiger partial charge in [-0.25, -0.2) is 19.0 Å². The predicted molar refractivity (Wildman–Crippen MR) is 86.1 cm³/mol. The van der Waals surface area contributed by atoms with E-state index in [-0.39, 0.29) is 5.82 Å². The molecule has 3 aromatic heterocycles. The van der Waals surface area contributed by atoms with Crippen LogP contribution in [-0.2, 0) is 6.54 Å². The van der Waals surface area contributed by atoms with Gasteiger partial charge in [-0.1, -0.05) is 28.9 Å². The fourth-order valence-corrected chi connectivity index (χ4v) is 2.71. The second-order valence-corrected chi connectivity index (χ2v) is 5.70. The van der Waals surface area contributed by atoms with Gasteiger partial charge >= 0.3 is 0 Å². The number of nitrogens with zero attached hydrogens (tertiary/aromatic N) is 5. The molecule has 0 radical (unpaired) electrons. The van der Waals surface area contributed by atoms with Gasteiger partial charge in [0.05, 0.1) is 12.1 Å². The lowest BCUT2D eigenvalue weighted by Crippen LogP contribution is -2.04. The molecule has 24 heavy (non-hydrogen) atoms. The summed E-state index contributed by atoms with van der Waals surface area (Å²) in [7, 11) is 0. The Bertz CT molecular complexity index is 1020. The fourth-order valence-electron chi connectivity index (χ4n) is 2.59. The Morgan fingerprint density at radius 1 is 1.21 bits per heavy atom. The Labute approximate surface area is 140 Å². The molecule has 6 nitrogen and oxygen atoms in total. The van der Waals surface area contributed by atoms with Crippen LogP contribution in [0.5, 0.6) is 0 Å². The zero-order valence-electron chi connectivity index (χ0n) is 12.6. The highest BCUT2D eigenvalue weighted by Crippen LogP contribution is 2.27. The number of aryl methyl sites for hydroxylation is 1. The van der Waals surface area contributed by atoms with Crippen LogP contribution < -0.4 is 0 Å². The lowest BCUT2D eigenvalue weighted by molar-refractivity contribution is 0.305. The largest absolute Gasteiger partial charge is 0.316 e. The van der Waals surface area contributed by atoms with E-state index in [0.29, 0.717) is 39.9 Å². The number of hydrogen-bond donors (Lipinski definition) is 0. The quantitative estimate of drug-likeness (QED) is 0.531. The highest BCUT2D eigenvalue weighted by Gasteiger charge is 2.20. The Kier molecular flexibility index (Phi) is 3.50. The minimum absolute atomic E-state index is 0.359. The number of halogens is 2. The SMILES string of the molecule is Cc1nonc1-c1nc2cccc(F)c2n1Cc1ccc(Cl)nc1. The van der Waals surface area contributed by atoms with Gasteiger partial charge < -0.3 is 4.57 Å². The van der Waals surface area contributed by atoms with Crippen molar-refractivity contribution in [3.8, 4) is 11.5 Å². The van der Waals surface area contributed by atoms with Crippen LogP contribution in [0.4, 0.5) is 4.39 Å². The van der Waals surface area contributed by atoms with Crippen molar-refractivity contribution in [3.05, 3.63) is 58.8 Å². The molecule has 0 N–H and O–H groups in total. The first-order valence-electron chi connectivity index (χ1n) is 7.18. The van der Waals surface area contributed by atoms with Crippen LogP contribution in [0.3, 0.4) is 0 Å². The number of imidazole rings is 1. The Balaban J connectivity index is 1.94. The smallest absolute Gasteiger partial charge is 0.173 e. The van der Waals surface area contributed by atoms with Gasteiger partial charge in [0.25, 0.3) is 0 Å². The summed E-state index contributed by atoms with van der Waals surface area (Å²) in [4.78, 5) is 8.57. The summed E-state index contributed by atoms with van der Waals surface area (Å²) in [5.41, 5.74) is 2.85. The normalized spacial score (nSPS) is 11.3. The second-order valence-electron chi connectivity index (χ2n) is 5.32. The van der Waals surface area contributed by atoms with Crippen LogP contribution in [0.25, 0.3) is 22.6 Å². The number of para-hydroxylation sites is 1. The van der Waals surface area contributed by atoms with E-state index in [4.69, 9.17) is 16.2 Å². The molecule has 4 rings (SSSR count). The maximum absolute atomic E-state index is 14.4. The van der Waals surface area contributed by atoms with Crippen LogP contribution in [0, 0.1) is 12.7 Å². The van der Waals surface area contributed by atoms with Crippen LogP contribution in [0.2, 0.25) is 5.15 Å². The number of fused-ring (bicyclic) bond motifs is 1. The van der Waals surface area contributed by atoms with Crippen molar-refractivity contribution in [1.82, 2.24) is 24.8 Å². The van der Waals surface area contributed by atoms with E-state index in [2.05, 4.69) is 20.3 Å². The molecule has 0 unspecified atom stereocenters. The van der Waals surface area contributed by atoms with E-state index in [1.807, 2.05) is 6.07 Å². The Morgan fingerprint density at radius 2 is 2.08 bits per heavy atom. The molecule has 0 saturated heterocycles. The molecule has 0 atom stereocenters. The van der Waals surface area contributed by atoms with Crippen molar-refractivity contribution >= 4 is 22.6 Å². The van der Waals surface area contributed by atoms with Crippen LogP contribution in [0.15, 0.2) is 41.2 Å². The zero-order valence-corrected chi connectivity index (χ0v) is 13.3. The van der Waals surface area contributed by atoms with Crippen molar-refractivity contribution in [2.45, 2.75) is 13.5 Å². The summed E-state index contributed by atoms with van der Waals surface area (Å²) >= 11 is 5.83. The van der Waals surface area contributed by atoms with Crippen LogP contribution in [-0.4, -0.2) is 24.8 Å². The number of rotatable bonds is 3. The molecule has 1 aromatic carbocycles. The predicted octanol–water partition coefficient (Wildman–Crippen LogP) is 3.63. The van der Waals surface area contributed by atoms with Gasteiger partial charge in [-0.05, 0) is 35.8 Å². The molecule has 3 heterocycles. The summed E-state index contributed by atoms with van der Waals surface area (Å²) < 4.78 is 20.9. The first-order chi connectivity index (χ1) is 11.6. The summed E-state index contributed by atoms with van der Waals surface area (Å²) in [6.45, 7) is 2.12. The first-order valence-corrected chi connectivity index (χ1v) is 7.56. The molecule has 8 heteroatoms. The van der Waals surface area contributed by atoms with Gasteiger partial charge in [0.2, 0.25) is 0 Å². The minimum Gasteiger partial charge on any atom is -0.316 e. The Morgan fingerprint density at radius 3 is 2.79 bits per heavy atom. The topological polar surface area (TPSA) is 69.6 Å². The molecule has 0 amide bonds. The standard InChI is InChI=1S/C16H11ClFN5O/c1-9-14(22-24-21-9)16-20-12-4-2-3-11(18)15(12)23(16)8-10-5-6-13(17)19-7-10/h2-7H,8H2,1H3. The zero-order chi connectivity index (χ0) is 16.7. The van der Waals surface area contributed by atoms with E-state index in [0.717, 1.165) is 5.56 Å². The number of hydrogen-bond acceptors (Lipinski definition) is 5. The van der Waals surface area contributed by atoms with Crippen molar-refractivity contribution in [2.24, 2.45) is 0 Å². The fraction of sp³-hybridized carbons (Fsp3) is 0.125. The molecular weight excluding hydrogens is 333 g/mol. The monoisotopic (exact) mass is 343 g/mol. The third-order valence-corrected chi connectivity index (χ3v) is 3.93. The van der Waals surface area contributed by atoms with Crippen molar-refractivity contribution in [2.75, 3.05) is 0 Å². The maximum Gasteiger partial charge on any atom is 0.173 e. The number of pyridine rings is 1. The van der Waals surface area contributed by atoms with Gasteiger partial charge in [0, 0.05) is 6.20 Å². The van der Waals surface area contributed by atoms with E-state index in [1.165, 1.54) is 6.07 Å². The van der Waals surface area contributed by atoms with Crippen LogP contribution in [0.1, 0.15) is 11.3 Å². The van der Waals surface area contributed by atoms with E-state index >= 15 is 0 Å². The molecule has 0 saturated carbocycles. The van der Waals surface area contributed by atoms with Gasteiger partial charge in [0.1, 0.15) is 22.2 Å². The Hall–Kier alpha value is -2.80. The van der Waals surface area contributed by atoms with Crippen molar-refractivity contribution < 1.29 is 9.02 Å². The number of benzene rings is 1. The molecule has 0 spiro atoms. The average molecular weight is 344 g/mol. The van der Waals surface area contributed by atoms with Gasteiger partial charge in [-0.2, -0.15) is 0 Å². The van der Waals surface area contributed by atoms with Crippen LogP contribution >= 0.6 is 11.6 Å². The van der Waals surface area contributed by atoms with Gasteiger partial charge in [-0.15, -0.1) is 0 Å². The second kappa shape index (κ2) is 5.68. The molecule has 0 fully saturated rings. The van der Waals surface area contributed by atoms with Crippen molar-refractivity contribution in [1.29, 1.82) is 0 Å². The molecule has 0 aliphatic carbocycles. The molecule has 120 valence electrons. The molecule has 0 aliphatic rings. The lowest BCUT2D eigenvalue weighted by Gasteiger charge is -2.08. The third kappa shape index (κ3) is 2.43. The highest BCUT2D eigenvalue weighted by molar-refractivity contribution is 6.29. The third-order valence-electron chi connectivity index (χ3n) is 3.71. The van der Waals surface area contributed by atoms with Gasteiger partial charge in [-0.3, -0.25) is 0 Å². The lowest BCUT2D eigenvalue weighted by atomic mass is 10.2.